The van der Waals surface area contributed by atoms with E-state index in [2.05, 4.69) is 24.3 Å². The van der Waals surface area contributed by atoms with Gasteiger partial charge in [-0.15, -0.1) is 0 Å². The number of aliphatic hydroxyl groups is 1. The summed E-state index contributed by atoms with van der Waals surface area (Å²) in [4.78, 5) is 0. The van der Waals surface area contributed by atoms with Crippen LogP contribution in [0.5, 0.6) is 0 Å². The van der Waals surface area contributed by atoms with Gasteiger partial charge in [0.15, 0.2) is 0 Å². The zero-order valence-corrected chi connectivity index (χ0v) is 11.1. The molecule has 2 heteroatoms. The summed E-state index contributed by atoms with van der Waals surface area (Å²) in [5.41, 5.74) is 0.639. The van der Waals surface area contributed by atoms with Crippen molar-refractivity contribution in [2.75, 3.05) is 13.7 Å². The van der Waals surface area contributed by atoms with Gasteiger partial charge in [-0.1, -0.05) is 44.2 Å². The highest BCUT2D eigenvalue weighted by molar-refractivity contribution is 5.14. The minimum absolute atomic E-state index is 0.221. The third kappa shape index (κ3) is 4.49. The molecule has 1 aromatic rings. The van der Waals surface area contributed by atoms with Crippen LogP contribution in [0, 0.1) is 5.92 Å². The smallest absolute Gasteiger partial charge is 0.0902 e. The Balaban J connectivity index is 2.43. The van der Waals surface area contributed by atoms with E-state index in [-0.39, 0.29) is 5.92 Å². The van der Waals surface area contributed by atoms with Gasteiger partial charge in [0.1, 0.15) is 0 Å². The molecule has 1 N–H and O–H groups in total. The quantitative estimate of drug-likeness (QED) is 0.788. The van der Waals surface area contributed by atoms with Crippen LogP contribution in [0.3, 0.4) is 0 Å². The van der Waals surface area contributed by atoms with Crippen molar-refractivity contribution in [1.29, 1.82) is 0 Å². The molecule has 0 heterocycles. The number of hydrogen-bond acceptors (Lipinski definition) is 2. The Kier molecular flexibility index (Phi) is 5.66. The summed E-state index contributed by atoms with van der Waals surface area (Å²) in [6, 6.07) is 10.4. The molecule has 17 heavy (non-hydrogen) atoms. The van der Waals surface area contributed by atoms with Crippen LogP contribution in [-0.4, -0.2) is 24.4 Å². The number of aryl methyl sites for hydroxylation is 1. The summed E-state index contributed by atoms with van der Waals surface area (Å²) in [5, 5.41) is 10.4. The van der Waals surface area contributed by atoms with Crippen molar-refractivity contribution in [3.63, 3.8) is 0 Å². The maximum atomic E-state index is 10.4. The molecule has 0 amide bonds. The molecule has 0 saturated heterocycles. The largest absolute Gasteiger partial charge is 0.387 e. The lowest BCUT2D eigenvalue weighted by Crippen LogP contribution is -2.39. The van der Waals surface area contributed by atoms with Crippen LogP contribution >= 0.6 is 0 Å². The highest BCUT2D eigenvalue weighted by Crippen LogP contribution is 2.24. The maximum Gasteiger partial charge on any atom is 0.0902 e. The van der Waals surface area contributed by atoms with Gasteiger partial charge in [-0.2, -0.15) is 0 Å². The Bertz CT molecular complexity index is 308. The van der Waals surface area contributed by atoms with Gasteiger partial charge in [0.2, 0.25) is 0 Å². The first-order valence-electron chi connectivity index (χ1n) is 6.34. The molecular formula is C15H24O2. The van der Waals surface area contributed by atoms with Crippen molar-refractivity contribution < 1.29 is 9.84 Å². The Morgan fingerprint density at radius 3 is 2.41 bits per heavy atom. The molecule has 1 atom stereocenters. The van der Waals surface area contributed by atoms with Crippen LogP contribution < -0.4 is 0 Å². The fraction of sp³-hybridized carbons (Fsp3) is 0.600. The molecule has 96 valence electrons. The van der Waals surface area contributed by atoms with Crippen molar-refractivity contribution >= 4 is 0 Å². The van der Waals surface area contributed by atoms with E-state index < -0.39 is 5.60 Å². The average molecular weight is 236 g/mol. The van der Waals surface area contributed by atoms with E-state index in [0.29, 0.717) is 6.61 Å². The molecule has 0 bridgehead atoms. The summed E-state index contributed by atoms with van der Waals surface area (Å²) in [7, 11) is 1.64. The van der Waals surface area contributed by atoms with E-state index in [9.17, 15) is 5.11 Å². The number of benzene rings is 1. The van der Waals surface area contributed by atoms with Gasteiger partial charge in [0.25, 0.3) is 0 Å². The van der Waals surface area contributed by atoms with E-state index in [1.165, 1.54) is 5.56 Å². The molecule has 0 spiro atoms. The molecule has 0 aliphatic heterocycles. The van der Waals surface area contributed by atoms with Gasteiger partial charge in [0.05, 0.1) is 12.2 Å². The molecule has 0 aromatic heterocycles. The van der Waals surface area contributed by atoms with Gasteiger partial charge < -0.3 is 9.84 Å². The topological polar surface area (TPSA) is 29.5 Å². The first kappa shape index (κ1) is 14.2. The van der Waals surface area contributed by atoms with Crippen LogP contribution in [0.15, 0.2) is 30.3 Å². The number of rotatable bonds is 7. The van der Waals surface area contributed by atoms with E-state index in [1.54, 1.807) is 7.11 Å². The predicted molar refractivity (Wildman–Crippen MR) is 71.0 cm³/mol. The second kappa shape index (κ2) is 6.77. The monoisotopic (exact) mass is 236 g/mol. The number of hydrogen-bond donors (Lipinski definition) is 1. The van der Waals surface area contributed by atoms with Gasteiger partial charge in [-0.05, 0) is 30.7 Å². The third-order valence-electron chi connectivity index (χ3n) is 3.39. The van der Waals surface area contributed by atoms with E-state index >= 15 is 0 Å². The molecule has 1 aromatic carbocycles. The molecule has 1 unspecified atom stereocenters. The van der Waals surface area contributed by atoms with E-state index in [4.69, 9.17) is 4.74 Å². The average Bonchev–Trinajstić information content (AvgIpc) is 2.30. The van der Waals surface area contributed by atoms with Crippen molar-refractivity contribution in [1.82, 2.24) is 0 Å². The lowest BCUT2D eigenvalue weighted by atomic mass is 9.85. The molecule has 0 saturated carbocycles. The zero-order chi connectivity index (χ0) is 12.7. The zero-order valence-electron chi connectivity index (χ0n) is 11.1. The summed E-state index contributed by atoms with van der Waals surface area (Å²) >= 11 is 0. The Morgan fingerprint density at radius 2 is 1.88 bits per heavy atom. The van der Waals surface area contributed by atoms with Gasteiger partial charge in [0, 0.05) is 7.11 Å². The standard InChI is InChI=1S/C15H24O2/c1-13(2)15(16,12-17-3)11-7-10-14-8-5-4-6-9-14/h4-6,8-9,13,16H,7,10-12H2,1-3H3. The second-order valence-electron chi connectivity index (χ2n) is 5.03. The molecule has 0 radical (unpaired) electrons. The van der Waals surface area contributed by atoms with Crippen LogP contribution in [-0.2, 0) is 11.2 Å². The first-order valence-corrected chi connectivity index (χ1v) is 6.34. The van der Waals surface area contributed by atoms with Gasteiger partial charge in [-0.3, -0.25) is 0 Å². The van der Waals surface area contributed by atoms with Crippen molar-refractivity contribution in [3.05, 3.63) is 35.9 Å². The molecule has 2 nitrogen and oxygen atoms in total. The lowest BCUT2D eigenvalue weighted by molar-refractivity contribution is -0.0709. The van der Waals surface area contributed by atoms with Gasteiger partial charge in [-0.25, -0.2) is 0 Å². The van der Waals surface area contributed by atoms with Crippen LogP contribution in [0.4, 0.5) is 0 Å². The molecule has 1 rings (SSSR count). The lowest BCUT2D eigenvalue weighted by Gasteiger charge is -2.31. The van der Waals surface area contributed by atoms with E-state index in [1.807, 2.05) is 19.9 Å². The molecular weight excluding hydrogens is 212 g/mol. The molecule has 0 aliphatic rings. The molecule has 0 aliphatic carbocycles. The minimum Gasteiger partial charge on any atom is -0.387 e. The second-order valence-corrected chi connectivity index (χ2v) is 5.03. The van der Waals surface area contributed by atoms with Crippen LogP contribution in [0.1, 0.15) is 32.3 Å². The Morgan fingerprint density at radius 1 is 1.24 bits per heavy atom. The van der Waals surface area contributed by atoms with Crippen molar-refractivity contribution in [2.24, 2.45) is 5.92 Å². The summed E-state index contributed by atoms with van der Waals surface area (Å²) in [5.74, 6) is 0.221. The number of ether oxygens (including phenoxy) is 1. The van der Waals surface area contributed by atoms with E-state index in [0.717, 1.165) is 19.3 Å². The fourth-order valence-corrected chi connectivity index (χ4v) is 2.02. The first-order chi connectivity index (χ1) is 8.08. The van der Waals surface area contributed by atoms with Crippen LogP contribution in [0.2, 0.25) is 0 Å². The summed E-state index contributed by atoms with van der Waals surface area (Å²) < 4.78 is 5.12. The Hall–Kier alpha value is -0.860. The predicted octanol–water partition coefficient (Wildman–Crippen LogP) is 3.04. The maximum absolute atomic E-state index is 10.4. The summed E-state index contributed by atoms with van der Waals surface area (Å²) in [6.07, 6.45) is 2.79. The molecule has 0 fully saturated rings. The highest BCUT2D eigenvalue weighted by atomic mass is 16.5. The highest BCUT2D eigenvalue weighted by Gasteiger charge is 2.30. The third-order valence-corrected chi connectivity index (χ3v) is 3.39. The van der Waals surface area contributed by atoms with Crippen molar-refractivity contribution in [3.8, 4) is 0 Å². The summed E-state index contributed by atoms with van der Waals surface area (Å²) in [6.45, 7) is 4.50. The SMILES string of the molecule is COCC(O)(CCCc1ccccc1)C(C)C. The van der Waals surface area contributed by atoms with Crippen molar-refractivity contribution in [2.45, 2.75) is 38.7 Å². The Labute approximate surface area is 105 Å². The van der Waals surface area contributed by atoms with Gasteiger partial charge >= 0.3 is 0 Å². The fourth-order valence-electron chi connectivity index (χ4n) is 2.02. The van der Waals surface area contributed by atoms with Crippen LogP contribution in [0.25, 0.3) is 0 Å². The number of methoxy groups -OCH3 is 1. The minimum atomic E-state index is -0.691. The normalized spacial score (nSPS) is 14.9.